The molecule has 1 saturated carbocycles. The molecule has 1 saturated heterocycles. The lowest BCUT2D eigenvalue weighted by atomic mass is 9.88. The zero-order valence-corrected chi connectivity index (χ0v) is 16.1. The number of methoxy groups -OCH3 is 1. The number of aromatic hydroxyl groups is 1. The van der Waals surface area contributed by atoms with E-state index in [0.29, 0.717) is 11.8 Å². The number of hydrogen-bond acceptors (Lipinski definition) is 5. The fourth-order valence-corrected chi connectivity index (χ4v) is 4.56. The van der Waals surface area contributed by atoms with Gasteiger partial charge < -0.3 is 14.9 Å². The van der Waals surface area contributed by atoms with Crippen LogP contribution < -0.4 is 4.74 Å². The molecule has 1 unspecified atom stereocenters. The number of nitrogens with zero attached hydrogens (tertiary/aromatic N) is 2. The van der Waals surface area contributed by atoms with Crippen LogP contribution in [0, 0.1) is 5.92 Å². The smallest absolute Gasteiger partial charge is 0.160 e. The summed E-state index contributed by atoms with van der Waals surface area (Å²) in [6, 6.07) is 6.08. The van der Waals surface area contributed by atoms with Crippen LogP contribution in [0.1, 0.15) is 44.1 Å². The molecule has 26 heavy (non-hydrogen) atoms. The summed E-state index contributed by atoms with van der Waals surface area (Å²) >= 11 is 0. The van der Waals surface area contributed by atoms with Crippen molar-refractivity contribution in [3.63, 3.8) is 0 Å². The molecule has 1 heterocycles. The Morgan fingerprint density at radius 3 is 2.65 bits per heavy atom. The van der Waals surface area contributed by atoms with Crippen molar-refractivity contribution in [1.82, 2.24) is 9.80 Å². The third-order valence-electron chi connectivity index (χ3n) is 6.02. The van der Waals surface area contributed by atoms with E-state index in [-0.39, 0.29) is 12.4 Å². The SMILES string of the molecule is COc1ccc(CN2CCN(CC3CCCCC3)C(CCO)C2)cc1O. The van der Waals surface area contributed by atoms with Gasteiger partial charge in [-0.3, -0.25) is 9.80 Å². The monoisotopic (exact) mass is 362 g/mol. The number of aliphatic hydroxyl groups excluding tert-OH is 1. The van der Waals surface area contributed by atoms with E-state index in [1.807, 2.05) is 12.1 Å². The minimum Gasteiger partial charge on any atom is -0.504 e. The van der Waals surface area contributed by atoms with Crippen molar-refractivity contribution >= 4 is 0 Å². The molecule has 5 heteroatoms. The Morgan fingerprint density at radius 1 is 1.15 bits per heavy atom. The van der Waals surface area contributed by atoms with Gasteiger partial charge in [-0.1, -0.05) is 25.3 Å². The highest BCUT2D eigenvalue weighted by atomic mass is 16.5. The van der Waals surface area contributed by atoms with Crippen molar-refractivity contribution in [3.8, 4) is 11.5 Å². The number of aliphatic hydroxyl groups is 1. The Hall–Kier alpha value is -1.30. The summed E-state index contributed by atoms with van der Waals surface area (Å²) < 4.78 is 5.13. The van der Waals surface area contributed by atoms with Gasteiger partial charge in [0.25, 0.3) is 0 Å². The minimum atomic E-state index is 0.202. The molecule has 0 aromatic heterocycles. The van der Waals surface area contributed by atoms with Crippen LogP contribution >= 0.6 is 0 Å². The Morgan fingerprint density at radius 2 is 1.96 bits per heavy atom. The standard InChI is InChI=1S/C21H34N2O3/c1-26-21-8-7-18(13-20(21)25)14-22-10-11-23(19(16-22)9-12-24)15-17-5-3-2-4-6-17/h7-8,13,17,19,24-25H,2-6,9-12,14-16H2,1H3. The second kappa shape index (κ2) is 9.58. The van der Waals surface area contributed by atoms with Crippen molar-refractivity contribution in [2.24, 2.45) is 5.92 Å². The summed E-state index contributed by atoms with van der Waals surface area (Å²) in [6.45, 7) is 5.38. The highest BCUT2D eigenvalue weighted by molar-refractivity contribution is 5.41. The molecule has 2 aliphatic rings. The number of phenols is 1. The summed E-state index contributed by atoms with van der Waals surface area (Å²) in [6.07, 6.45) is 7.76. The highest BCUT2D eigenvalue weighted by Gasteiger charge is 2.29. The average molecular weight is 363 g/mol. The first-order valence-corrected chi connectivity index (χ1v) is 10.1. The molecule has 2 fully saturated rings. The van der Waals surface area contributed by atoms with E-state index in [1.54, 1.807) is 13.2 Å². The van der Waals surface area contributed by atoms with Gasteiger partial charge in [-0.15, -0.1) is 0 Å². The van der Waals surface area contributed by atoms with E-state index in [9.17, 15) is 10.2 Å². The third kappa shape index (κ3) is 5.12. The Labute approximate surface area is 157 Å². The van der Waals surface area contributed by atoms with E-state index in [0.717, 1.165) is 44.1 Å². The molecule has 1 aromatic rings. The maximum absolute atomic E-state index is 10.00. The number of rotatable bonds is 7. The average Bonchev–Trinajstić information content (AvgIpc) is 2.65. The first-order chi connectivity index (χ1) is 12.7. The van der Waals surface area contributed by atoms with Gasteiger partial charge in [0.05, 0.1) is 7.11 Å². The number of piperazine rings is 1. The first-order valence-electron chi connectivity index (χ1n) is 10.1. The maximum atomic E-state index is 10.00. The van der Waals surface area contributed by atoms with Gasteiger partial charge in [0.2, 0.25) is 0 Å². The fraction of sp³-hybridized carbons (Fsp3) is 0.714. The van der Waals surface area contributed by atoms with Gasteiger partial charge >= 0.3 is 0 Å². The van der Waals surface area contributed by atoms with Gasteiger partial charge in [0.1, 0.15) is 0 Å². The molecule has 146 valence electrons. The van der Waals surface area contributed by atoms with Crippen LogP contribution in [0.15, 0.2) is 18.2 Å². The number of ether oxygens (including phenoxy) is 1. The number of hydrogen-bond donors (Lipinski definition) is 2. The predicted molar refractivity (Wildman–Crippen MR) is 104 cm³/mol. The van der Waals surface area contributed by atoms with E-state index >= 15 is 0 Å². The van der Waals surface area contributed by atoms with E-state index in [4.69, 9.17) is 4.74 Å². The molecule has 2 N–H and O–H groups in total. The number of phenolic OH excluding ortho intramolecular Hbond substituents is 1. The molecular weight excluding hydrogens is 328 g/mol. The minimum absolute atomic E-state index is 0.202. The van der Waals surface area contributed by atoms with E-state index < -0.39 is 0 Å². The molecule has 0 amide bonds. The predicted octanol–water partition coefficient (Wildman–Crippen LogP) is 2.85. The van der Waals surface area contributed by atoms with Crippen molar-refractivity contribution in [2.75, 3.05) is 39.9 Å². The molecule has 1 atom stereocenters. The lowest BCUT2D eigenvalue weighted by Gasteiger charge is -2.43. The molecule has 1 aromatic carbocycles. The molecule has 3 rings (SSSR count). The molecular formula is C21H34N2O3. The van der Waals surface area contributed by atoms with Crippen LogP contribution in [0.25, 0.3) is 0 Å². The molecule has 1 aliphatic carbocycles. The van der Waals surface area contributed by atoms with Crippen molar-refractivity contribution < 1.29 is 14.9 Å². The fourth-order valence-electron chi connectivity index (χ4n) is 4.56. The van der Waals surface area contributed by atoms with Gasteiger partial charge in [-0.05, 0) is 42.9 Å². The van der Waals surface area contributed by atoms with Gasteiger partial charge in [-0.25, -0.2) is 0 Å². The molecule has 0 bridgehead atoms. The second-order valence-corrected chi connectivity index (χ2v) is 7.91. The lowest BCUT2D eigenvalue weighted by molar-refractivity contribution is 0.0400. The summed E-state index contributed by atoms with van der Waals surface area (Å²) in [5, 5.41) is 19.5. The van der Waals surface area contributed by atoms with Gasteiger partial charge in [-0.2, -0.15) is 0 Å². The quantitative estimate of drug-likeness (QED) is 0.781. The van der Waals surface area contributed by atoms with Gasteiger partial charge in [0, 0.05) is 45.4 Å². The zero-order valence-electron chi connectivity index (χ0n) is 16.1. The second-order valence-electron chi connectivity index (χ2n) is 7.91. The molecule has 5 nitrogen and oxygen atoms in total. The third-order valence-corrected chi connectivity index (χ3v) is 6.02. The summed E-state index contributed by atoms with van der Waals surface area (Å²) in [7, 11) is 1.57. The summed E-state index contributed by atoms with van der Waals surface area (Å²) in [5.41, 5.74) is 1.10. The molecule has 0 spiro atoms. The van der Waals surface area contributed by atoms with Crippen LogP contribution in [-0.2, 0) is 6.54 Å². The zero-order chi connectivity index (χ0) is 18.4. The molecule has 1 aliphatic heterocycles. The van der Waals surface area contributed by atoms with Crippen LogP contribution in [0.4, 0.5) is 0 Å². The topological polar surface area (TPSA) is 56.2 Å². The normalized spacial score (nSPS) is 23.2. The largest absolute Gasteiger partial charge is 0.504 e. The van der Waals surface area contributed by atoms with Crippen LogP contribution in [-0.4, -0.2) is 66.0 Å². The Bertz CT molecular complexity index is 560. The van der Waals surface area contributed by atoms with Crippen molar-refractivity contribution in [3.05, 3.63) is 23.8 Å². The lowest BCUT2D eigenvalue weighted by Crippen LogP contribution is -2.54. The molecule has 0 radical (unpaired) electrons. The van der Waals surface area contributed by atoms with Crippen LogP contribution in [0.2, 0.25) is 0 Å². The number of benzene rings is 1. The van der Waals surface area contributed by atoms with Gasteiger partial charge in [0.15, 0.2) is 11.5 Å². The Kier molecular flexibility index (Phi) is 7.17. The van der Waals surface area contributed by atoms with E-state index in [1.165, 1.54) is 38.6 Å². The maximum Gasteiger partial charge on any atom is 0.160 e. The van der Waals surface area contributed by atoms with Crippen molar-refractivity contribution in [1.29, 1.82) is 0 Å². The van der Waals surface area contributed by atoms with Crippen LogP contribution in [0.5, 0.6) is 11.5 Å². The van der Waals surface area contributed by atoms with Crippen molar-refractivity contribution in [2.45, 2.75) is 51.1 Å². The van der Waals surface area contributed by atoms with E-state index in [2.05, 4.69) is 9.80 Å². The highest BCUT2D eigenvalue weighted by Crippen LogP contribution is 2.28. The Balaban J connectivity index is 1.57. The summed E-state index contributed by atoms with van der Waals surface area (Å²) in [4.78, 5) is 5.06. The van der Waals surface area contributed by atoms with Crippen LogP contribution in [0.3, 0.4) is 0 Å². The first kappa shape index (κ1) is 19.5. The summed E-state index contributed by atoms with van der Waals surface area (Å²) in [5.74, 6) is 1.56.